The van der Waals surface area contributed by atoms with Crippen LogP contribution in [0.4, 0.5) is 11.8 Å². The molecule has 1 saturated carbocycles. The number of aryl methyl sites for hydroxylation is 1. The van der Waals surface area contributed by atoms with Gasteiger partial charge in [0.2, 0.25) is 5.95 Å². The first kappa shape index (κ1) is 12.1. The Hall–Kier alpha value is -1.36. The Labute approximate surface area is 102 Å². The lowest BCUT2D eigenvalue weighted by molar-refractivity contribution is 0.204. The smallest absolute Gasteiger partial charge is 0.224 e. The lowest BCUT2D eigenvalue weighted by atomic mass is 10.3. The van der Waals surface area contributed by atoms with E-state index in [1.165, 1.54) is 12.8 Å². The topological polar surface area (TPSA) is 50.3 Å². The van der Waals surface area contributed by atoms with E-state index in [-0.39, 0.29) is 0 Å². The van der Waals surface area contributed by atoms with E-state index < -0.39 is 0 Å². The SMILES string of the molecule is CNc1ncc(C)c(N(CCOC)C2CC2)n1. The highest BCUT2D eigenvalue weighted by Gasteiger charge is 2.30. The van der Waals surface area contributed by atoms with Gasteiger partial charge in [0, 0.05) is 38.5 Å². The molecule has 1 aromatic rings. The van der Waals surface area contributed by atoms with Gasteiger partial charge in [-0.1, -0.05) is 0 Å². The van der Waals surface area contributed by atoms with Crippen molar-refractivity contribution in [3.8, 4) is 0 Å². The molecule has 0 aliphatic heterocycles. The minimum Gasteiger partial charge on any atom is -0.383 e. The van der Waals surface area contributed by atoms with Crippen molar-refractivity contribution in [3.05, 3.63) is 11.8 Å². The van der Waals surface area contributed by atoms with Crippen molar-refractivity contribution >= 4 is 11.8 Å². The molecule has 94 valence electrons. The molecule has 5 heteroatoms. The van der Waals surface area contributed by atoms with E-state index in [0.29, 0.717) is 12.0 Å². The molecule has 0 unspecified atom stereocenters. The summed E-state index contributed by atoms with van der Waals surface area (Å²) in [5.74, 6) is 1.71. The Kier molecular flexibility index (Phi) is 3.78. The molecule has 1 heterocycles. The van der Waals surface area contributed by atoms with Crippen LogP contribution in [0.15, 0.2) is 6.20 Å². The van der Waals surface area contributed by atoms with Gasteiger partial charge in [-0.25, -0.2) is 4.98 Å². The van der Waals surface area contributed by atoms with Gasteiger partial charge in [-0.2, -0.15) is 4.98 Å². The maximum atomic E-state index is 5.17. The Morgan fingerprint density at radius 3 is 2.88 bits per heavy atom. The van der Waals surface area contributed by atoms with E-state index >= 15 is 0 Å². The summed E-state index contributed by atoms with van der Waals surface area (Å²) in [4.78, 5) is 11.1. The normalized spacial score (nSPS) is 14.8. The summed E-state index contributed by atoms with van der Waals surface area (Å²) in [6.07, 6.45) is 4.38. The number of aromatic nitrogens is 2. The molecule has 0 aromatic carbocycles. The molecule has 0 saturated heterocycles. The molecule has 1 aliphatic carbocycles. The van der Waals surface area contributed by atoms with Crippen LogP contribution in [0.25, 0.3) is 0 Å². The van der Waals surface area contributed by atoms with Crippen LogP contribution in [-0.2, 0) is 4.74 Å². The summed E-state index contributed by atoms with van der Waals surface area (Å²) in [6, 6.07) is 0.628. The summed E-state index contributed by atoms with van der Waals surface area (Å²) in [7, 11) is 3.57. The molecule has 5 nitrogen and oxygen atoms in total. The highest BCUT2D eigenvalue weighted by Crippen LogP contribution is 2.32. The van der Waals surface area contributed by atoms with Gasteiger partial charge in [0.1, 0.15) is 5.82 Å². The molecule has 1 N–H and O–H groups in total. The van der Waals surface area contributed by atoms with E-state index in [1.807, 2.05) is 13.2 Å². The molecule has 0 radical (unpaired) electrons. The van der Waals surface area contributed by atoms with Crippen LogP contribution in [0.5, 0.6) is 0 Å². The van der Waals surface area contributed by atoms with Gasteiger partial charge in [0.25, 0.3) is 0 Å². The number of nitrogens with zero attached hydrogens (tertiary/aromatic N) is 3. The first-order chi connectivity index (χ1) is 8.26. The third-order valence-electron chi connectivity index (χ3n) is 2.96. The fourth-order valence-electron chi connectivity index (χ4n) is 1.88. The predicted molar refractivity (Wildman–Crippen MR) is 68.6 cm³/mol. The van der Waals surface area contributed by atoms with Gasteiger partial charge in [-0.05, 0) is 19.8 Å². The average molecular weight is 236 g/mol. The maximum absolute atomic E-state index is 5.17. The van der Waals surface area contributed by atoms with Gasteiger partial charge >= 0.3 is 0 Å². The van der Waals surface area contributed by atoms with Gasteiger partial charge in [-0.15, -0.1) is 0 Å². The number of ether oxygens (including phenoxy) is 1. The zero-order valence-corrected chi connectivity index (χ0v) is 10.7. The predicted octanol–water partition coefficient (Wildman–Crippen LogP) is 1.44. The second-order valence-corrected chi connectivity index (χ2v) is 4.37. The van der Waals surface area contributed by atoms with Crippen molar-refractivity contribution in [2.75, 3.05) is 37.5 Å². The molecular weight excluding hydrogens is 216 g/mol. The lowest BCUT2D eigenvalue weighted by Crippen LogP contribution is -2.31. The molecule has 17 heavy (non-hydrogen) atoms. The average Bonchev–Trinajstić information content (AvgIpc) is 3.16. The van der Waals surface area contributed by atoms with E-state index in [2.05, 4.69) is 27.1 Å². The van der Waals surface area contributed by atoms with Crippen LogP contribution in [0.3, 0.4) is 0 Å². The number of anilines is 2. The largest absolute Gasteiger partial charge is 0.383 e. The fourth-order valence-corrected chi connectivity index (χ4v) is 1.88. The van der Waals surface area contributed by atoms with Gasteiger partial charge in [0.05, 0.1) is 6.61 Å². The molecule has 2 rings (SSSR count). The quantitative estimate of drug-likeness (QED) is 0.810. The number of hydrogen-bond donors (Lipinski definition) is 1. The van der Waals surface area contributed by atoms with Crippen LogP contribution in [0.1, 0.15) is 18.4 Å². The number of methoxy groups -OCH3 is 1. The Morgan fingerprint density at radius 1 is 1.53 bits per heavy atom. The van der Waals surface area contributed by atoms with Gasteiger partial charge < -0.3 is 15.0 Å². The molecule has 1 fully saturated rings. The summed E-state index contributed by atoms with van der Waals surface area (Å²) in [6.45, 7) is 3.67. The van der Waals surface area contributed by atoms with Crippen LogP contribution in [0, 0.1) is 6.92 Å². The highest BCUT2D eigenvalue weighted by atomic mass is 16.5. The standard InChI is InChI=1S/C12H20N4O/c1-9-8-14-12(13-2)15-11(9)16(6-7-17-3)10-4-5-10/h8,10H,4-7H2,1-3H3,(H,13,14,15). The number of nitrogens with one attached hydrogen (secondary N) is 1. The van der Waals surface area contributed by atoms with Crippen molar-refractivity contribution < 1.29 is 4.74 Å². The molecule has 0 atom stereocenters. The van der Waals surface area contributed by atoms with Crippen molar-refractivity contribution in [3.63, 3.8) is 0 Å². The van der Waals surface area contributed by atoms with Crippen LogP contribution < -0.4 is 10.2 Å². The third kappa shape index (κ3) is 2.85. The van der Waals surface area contributed by atoms with Crippen molar-refractivity contribution in [1.82, 2.24) is 9.97 Å². The van der Waals surface area contributed by atoms with Crippen LogP contribution >= 0.6 is 0 Å². The van der Waals surface area contributed by atoms with Crippen molar-refractivity contribution in [2.24, 2.45) is 0 Å². The monoisotopic (exact) mass is 236 g/mol. The molecule has 1 aliphatic rings. The first-order valence-corrected chi connectivity index (χ1v) is 6.03. The van der Waals surface area contributed by atoms with E-state index in [9.17, 15) is 0 Å². The van der Waals surface area contributed by atoms with Crippen molar-refractivity contribution in [1.29, 1.82) is 0 Å². The number of rotatable bonds is 6. The van der Waals surface area contributed by atoms with Crippen LogP contribution in [-0.4, -0.2) is 43.3 Å². The third-order valence-corrected chi connectivity index (χ3v) is 2.96. The molecule has 0 bridgehead atoms. The van der Waals surface area contributed by atoms with Crippen LogP contribution in [0.2, 0.25) is 0 Å². The molecule has 0 amide bonds. The summed E-state index contributed by atoms with van der Waals surface area (Å²) in [5, 5.41) is 2.98. The Morgan fingerprint density at radius 2 is 2.29 bits per heavy atom. The summed E-state index contributed by atoms with van der Waals surface area (Å²) in [5.41, 5.74) is 1.12. The van der Waals surface area contributed by atoms with Crippen molar-refractivity contribution in [2.45, 2.75) is 25.8 Å². The second kappa shape index (κ2) is 5.31. The Bertz CT molecular complexity index is 379. The zero-order valence-electron chi connectivity index (χ0n) is 10.7. The fraction of sp³-hybridized carbons (Fsp3) is 0.667. The molecule has 0 spiro atoms. The van der Waals surface area contributed by atoms with Gasteiger partial charge in [-0.3, -0.25) is 0 Å². The summed E-state index contributed by atoms with van der Waals surface area (Å²) < 4.78 is 5.17. The highest BCUT2D eigenvalue weighted by molar-refractivity contribution is 5.50. The maximum Gasteiger partial charge on any atom is 0.224 e. The second-order valence-electron chi connectivity index (χ2n) is 4.37. The van der Waals surface area contributed by atoms with Gasteiger partial charge in [0.15, 0.2) is 0 Å². The molecule has 1 aromatic heterocycles. The summed E-state index contributed by atoms with van der Waals surface area (Å²) >= 11 is 0. The minimum absolute atomic E-state index is 0.628. The minimum atomic E-state index is 0.628. The molecular formula is C12H20N4O. The van der Waals surface area contributed by atoms with E-state index in [4.69, 9.17) is 4.74 Å². The first-order valence-electron chi connectivity index (χ1n) is 6.03. The Balaban J connectivity index is 2.21. The lowest BCUT2D eigenvalue weighted by Gasteiger charge is -2.24. The van der Waals surface area contributed by atoms with E-state index in [0.717, 1.165) is 24.5 Å². The zero-order chi connectivity index (χ0) is 12.3. The number of hydrogen-bond acceptors (Lipinski definition) is 5. The van der Waals surface area contributed by atoms with E-state index in [1.54, 1.807) is 7.11 Å².